The molecular weight excluding hydrogens is 436 g/mol. The SMILES string of the molecule is Cn1cc(NC(=O)O)cc1C(=O)Nc1ccc(-c2cn(C)c(C(=O)Nc3ccccc3)n2)cc1. The Balaban J connectivity index is 1.45. The third-order valence-corrected chi connectivity index (χ3v) is 5.04. The van der Waals surface area contributed by atoms with E-state index in [9.17, 15) is 14.4 Å². The fourth-order valence-corrected chi connectivity index (χ4v) is 3.43. The van der Waals surface area contributed by atoms with Crippen LogP contribution in [0.1, 0.15) is 21.1 Å². The number of rotatable bonds is 6. The highest BCUT2D eigenvalue weighted by molar-refractivity contribution is 6.04. The van der Waals surface area contributed by atoms with Crippen LogP contribution in [0, 0.1) is 0 Å². The molecule has 0 saturated heterocycles. The van der Waals surface area contributed by atoms with Crippen molar-refractivity contribution in [2.45, 2.75) is 0 Å². The van der Waals surface area contributed by atoms with E-state index in [-0.39, 0.29) is 17.6 Å². The molecule has 10 heteroatoms. The molecule has 0 unspecified atom stereocenters. The average molecular weight is 458 g/mol. The van der Waals surface area contributed by atoms with E-state index in [0.717, 1.165) is 5.56 Å². The van der Waals surface area contributed by atoms with Gasteiger partial charge in [-0.2, -0.15) is 0 Å². The summed E-state index contributed by atoms with van der Waals surface area (Å²) in [4.78, 5) is 40.4. The first-order chi connectivity index (χ1) is 16.3. The summed E-state index contributed by atoms with van der Waals surface area (Å²) in [5.74, 6) is -0.430. The van der Waals surface area contributed by atoms with Crippen molar-refractivity contribution in [1.82, 2.24) is 14.1 Å². The maximum atomic E-state index is 12.6. The van der Waals surface area contributed by atoms with Crippen LogP contribution in [0.4, 0.5) is 21.9 Å². The Morgan fingerprint density at radius 3 is 2.09 bits per heavy atom. The summed E-state index contributed by atoms with van der Waals surface area (Å²) >= 11 is 0. The van der Waals surface area contributed by atoms with E-state index < -0.39 is 6.09 Å². The van der Waals surface area contributed by atoms with E-state index in [1.54, 1.807) is 61.3 Å². The Morgan fingerprint density at radius 2 is 1.41 bits per heavy atom. The lowest BCUT2D eigenvalue weighted by molar-refractivity contribution is 0.100. The first kappa shape index (κ1) is 22.3. The van der Waals surface area contributed by atoms with Gasteiger partial charge < -0.3 is 24.9 Å². The molecule has 0 bridgehead atoms. The number of amides is 3. The van der Waals surface area contributed by atoms with E-state index in [1.165, 1.54) is 16.8 Å². The number of anilines is 3. The number of hydrogen-bond acceptors (Lipinski definition) is 4. The Hall–Kier alpha value is -4.86. The van der Waals surface area contributed by atoms with E-state index >= 15 is 0 Å². The lowest BCUT2D eigenvalue weighted by atomic mass is 10.1. The Bertz CT molecular complexity index is 1360. The zero-order valence-electron chi connectivity index (χ0n) is 18.4. The molecule has 3 amide bonds. The molecule has 34 heavy (non-hydrogen) atoms. The van der Waals surface area contributed by atoms with Gasteiger partial charge in [0.1, 0.15) is 5.69 Å². The summed E-state index contributed by atoms with van der Waals surface area (Å²) in [5, 5.41) is 16.6. The molecular formula is C24H22N6O4. The van der Waals surface area contributed by atoms with Crippen LogP contribution in [0.15, 0.2) is 73.1 Å². The van der Waals surface area contributed by atoms with Crippen LogP contribution in [0.25, 0.3) is 11.3 Å². The van der Waals surface area contributed by atoms with Crippen LogP contribution in [-0.2, 0) is 14.1 Å². The summed E-state index contributed by atoms with van der Waals surface area (Å²) in [6, 6.07) is 17.6. The number of carbonyl (C=O) groups is 3. The summed E-state index contributed by atoms with van der Waals surface area (Å²) in [6.45, 7) is 0. The van der Waals surface area contributed by atoms with Crippen molar-refractivity contribution >= 4 is 35.0 Å². The Labute approximate surface area is 194 Å². The molecule has 2 aromatic carbocycles. The predicted octanol–water partition coefficient (Wildman–Crippen LogP) is 4.02. The molecule has 2 aromatic heterocycles. The first-order valence-electron chi connectivity index (χ1n) is 10.3. The average Bonchev–Trinajstić information content (AvgIpc) is 3.36. The van der Waals surface area contributed by atoms with Crippen molar-refractivity contribution < 1.29 is 19.5 Å². The second-order valence-corrected chi connectivity index (χ2v) is 7.57. The zero-order valence-corrected chi connectivity index (χ0v) is 18.4. The molecule has 0 saturated carbocycles. The number of benzene rings is 2. The minimum atomic E-state index is -1.21. The topological polar surface area (TPSA) is 130 Å². The van der Waals surface area contributed by atoms with Gasteiger partial charge in [-0.1, -0.05) is 30.3 Å². The van der Waals surface area contributed by atoms with Gasteiger partial charge in [-0.3, -0.25) is 14.9 Å². The molecule has 10 nitrogen and oxygen atoms in total. The molecule has 4 N–H and O–H groups in total. The van der Waals surface area contributed by atoms with Gasteiger partial charge >= 0.3 is 6.09 Å². The van der Waals surface area contributed by atoms with Crippen LogP contribution in [0.5, 0.6) is 0 Å². The summed E-state index contributed by atoms with van der Waals surface area (Å²) in [6.07, 6.45) is 2.07. The monoisotopic (exact) mass is 458 g/mol. The van der Waals surface area contributed by atoms with Crippen molar-refractivity contribution in [3.63, 3.8) is 0 Å². The molecule has 172 valence electrons. The van der Waals surface area contributed by atoms with Crippen LogP contribution < -0.4 is 16.0 Å². The molecule has 0 fully saturated rings. The van der Waals surface area contributed by atoms with E-state index in [2.05, 4.69) is 20.9 Å². The standard InChI is InChI=1S/C24H22N6O4/c1-29-13-18(27-24(33)34)12-20(29)22(31)25-17-10-8-15(9-11-17)19-14-30(2)21(28-19)23(32)26-16-6-4-3-5-7-16/h3-14,27H,1-2H3,(H,25,31)(H,26,32)(H,33,34). The number of aryl methyl sites for hydroxylation is 2. The maximum Gasteiger partial charge on any atom is 0.409 e. The summed E-state index contributed by atoms with van der Waals surface area (Å²) in [7, 11) is 3.40. The molecule has 2 heterocycles. The highest BCUT2D eigenvalue weighted by Crippen LogP contribution is 2.22. The van der Waals surface area contributed by atoms with Crippen molar-refractivity contribution in [1.29, 1.82) is 0 Å². The van der Waals surface area contributed by atoms with Gasteiger partial charge in [0.05, 0.1) is 11.4 Å². The third kappa shape index (κ3) is 4.96. The molecule has 0 atom stereocenters. The highest BCUT2D eigenvalue weighted by Gasteiger charge is 2.16. The van der Waals surface area contributed by atoms with Gasteiger partial charge in [-0.25, -0.2) is 9.78 Å². The number of nitrogens with zero attached hydrogens (tertiary/aromatic N) is 3. The second kappa shape index (κ2) is 9.33. The highest BCUT2D eigenvalue weighted by atomic mass is 16.4. The van der Waals surface area contributed by atoms with Crippen LogP contribution in [-0.4, -0.2) is 37.1 Å². The van der Waals surface area contributed by atoms with E-state index in [4.69, 9.17) is 5.11 Å². The molecule has 0 radical (unpaired) electrons. The lowest BCUT2D eigenvalue weighted by Crippen LogP contribution is -2.16. The largest absolute Gasteiger partial charge is 0.465 e. The smallest absolute Gasteiger partial charge is 0.409 e. The van der Waals surface area contributed by atoms with Crippen LogP contribution >= 0.6 is 0 Å². The molecule has 0 aliphatic rings. The van der Waals surface area contributed by atoms with Gasteiger partial charge in [0.15, 0.2) is 5.82 Å². The van der Waals surface area contributed by atoms with Crippen molar-refractivity contribution in [3.8, 4) is 11.3 Å². The normalized spacial score (nSPS) is 10.5. The fraction of sp³-hybridized carbons (Fsp3) is 0.0833. The minimum Gasteiger partial charge on any atom is -0.465 e. The number of para-hydroxylation sites is 1. The minimum absolute atomic E-state index is 0.269. The molecule has 0 aliphatic carbocycles. The molecule has 4 rings (SSSR count). The Morgan fingerprint density at radius 1 is 0.765 bits per heavy atom. The quantitative estimate of drug-likeness (QED) is 0.347. The molecule has 4 aromatic rings. The summed E-state index contributed by atoms with van der Waals surface area (Å²) in [5.41, 5.74) is 3.23. The fourth-order valence-electron chi connectivity index (χ4n) is 3.43. The van der Waals surface area contributed by atoms with Gasteiger partial charge in [0.25, 0.3) is 11.8 Å². The lowest BCUT2D eigenvalue weighted by Gasteiger charge is -2.06. The molecule has 0 aliphatic heterocycles. The maximum absolute atomic E-state index is 12.6. The van der Waals surface area contributed by atoms with Gasteiger partial charge in [0, 0.05) is 43.4 Å². The predicted molar refractivity (Wildman–Crippen MR) is 128 cm³/mol. The number of imidazole rings is 1. The first-order valence-corrected chi connectivity index (χ1v) is 10.3. The van der Waals surface area contributed by atoms with Gasteiger partial charge in [0.2, 0.25) is 0 Å². The van der Waals surface area contributed by atoms with Crippen molar-refractivity contribution in [2.24, 2.45) is 14.1 Å². The Kier molecular flexibility index (Phi) is 6.13. The second-order valence-electron chi connectivity index (χ2n) is 7.57. The van der Waals surface area contributed by atoms with Crippen LogP contribution in [0.2, 0.25) is 0 Å². The number of aromatic nitrogens is 3. The van der Waals surface area contributed by atoms with Crippen molar-refractivity contribution in [2.75, 3.05) is 16.0 Å². The molecule has 0 spiro atoms. The van der Waals surface area contributed by atoms with Crippen LogP contribution in [0.3, 0.4) is 0 Å². The third-order valence-electron chi connectivity index (χ3n) is 5.04. The number of nitrogens with one attached hydrogen (secondary N) is 3. The number of carboxylic acid groups (broad SMARTS) is 1. The number of carbonyl (C=O) groups excluding carboxylic acids is 2. The number of hydrogen-bond donors (Lipinski definition) is 4. The van der Waals surface area contributed by atoms with E-state index in [1.807, 2.05) is 18.2 Å². The van der Waals surface area contributed by atoms with Gasteiger partial charge in [-0.15, -0.1) is 0 Å². The van der Waals surface area contributed by atoms with E-state index in [0.29, 0.717) is 28.5 Å². The van der Waals surface area contributed by atoms with Gasteiger partial charge in [-0.05, 0) is 30.3 Å². The zero-order chi connectivity index (χ0) is 24.2. The summed E-state index contributed by atoms with van der Waals surface area (Å²) < 4.78 is 3.19. The van der Waals surface area contributed by atoms with Crippen molar-refractivity contribution in [3.05, 3.63) is 84.6 Å².